The van der Waals surface area contributed by atoms with Gasteiger partial charge in [0.1, 0.15) is 11.2 Å². The van der Waals surface area contributed by atoms with Gasteiger partial charge in [0.05, 0.1) is 6.04 Å². The fourth-order valence-corrected chi connectivity index (χ4v) is 1.34. The molecule has 1 aromatic heterocycles. The minimum absolute atomic E-state index is 0.228. The lowest BCUT2D eigenvalue weighted by Crippen LogP contribution is -2.36. The summed E-state index contributed by atoms with van der Waals surface area (Å²) in [6.45, 7) is -1.27. The number of nitrogens with zero attached hydrogens (tertiary/aromatic N) is 1. The number of halogens is 3. The average molecular weight is 267 g/mol. The Balaban J connectivity index is 2.94. The molecule has 0 radical (unpaired) electrons. The van der Waals surface area contributed by atoms with Crippen molar-refractivity contribution in [2.45, 2.75) is 12.0 Å². The number of hydrogen-bond acceptors (Lipinski definition) is 3. The fourth-order valence-electron chi connectivity index (χ4n) is 0.953. The molecule has 1 aromatic rings. The van der Waals surface area contributed by atoms with E-state index in [1.165, 1.54) is 18.3 Å². The van der Waals surface area contributed by atoms with E-state index in [0.717, 1.165) is 0 Å². The highest BCUT2D eigenvalue weighted by Gasteiger charge is 2.37. The predicted molar refractivity (Wildman–Crippen MR) is 50.9 cm³/mol. The average Bonchev–Trinajstić information content (AvgIpc) is 2.16. The Morgan fingerprint density at radius 2 is 2.29 bits per heavy atom. The SMILES string of the molecule is N[C@H](c1ccnc(Br)c1)C(F)(F)CO. The first-order chi connectivity index (χ1) is 6.47. The fraction of sp³-hybridized carbons (Fsp3) is 0.375. The van der Waals surface area contributed by atoms with Gasteiger partial charge in [0, 0.05) is 6.20 Å². The lowest BCUT2D eigenvalue weighted by Gasteiger charge is -2.21. The van der Waals surface area contributed by atoms with Crippen LogP contribution < -0.4 is 5.73 Å². The third kappa shape index (κ3) is 2.46. The Kier molecular flexibility index (Phi) is 3.52. The third-order valence-corrected chi connectivity index (χ3v) is 2.21. The Morgan fingerprint density at radius 1 is 1.64 bits per heavy atom. The highest BCUT2D eigenvalue weighted by molar-refractivity contribution is 9.10. The first kappa shape index (κ1) is 11.5. The van der Waals surface area contributed by atoms with Crippen LogP contribution in [0.5, 0.6) is 0 Å². The van der Waals surface area contributed by atoms with E-state index in [2.05, 4.69) is 20.9 Å². The lowest BCUT2D eigenvalue weighted by molar-refractivity contribution is -0.0712. The number of aromatic nitrogens is 1. The van der Waals surface area contributed by atoms with E-state index in [1.54, 1.807) is 0 Å². The molecule has 1 rings (SSSR count). The molecule has 0 unspecified atom stereocenters. The largest absolute Gasteiger partial charge is 0.390 e. The second-order valence-electron chi connectivity index (χ2n) is 2.81. The summed E-state index contributed by atoms with van der Waals surface area (Å²) in [5, 5.41) is 8.44. The summed E-state index contributed by atoms with van der Waals surface area (Å²) in [5.41, 5.74) is 5.52. The molecule has 3 N–H and O–H groups in total. The van der Waals surface area contributed by atoms with E-state index < -0.39 is 18.6 Å². The number of aliphatic hydroxyl groups excluding tert-OH is 1. The normalized spacial score (nSPS) is 14.1. The van der Waals surface area contributed by atoms with Gasteiger partial charge in [-0.3, -0.25) is 0 Å². The van der Waals surface area contributed by atoms with Crippen molar-refractivity contribution < 1.29 is 13.9 Å². The molecule has 1 heterocycles. The summed E-state index contributed by atoms with van der Waals surface area (Å²) in [5.74, 6) is -3.32. The van der Waals surface area contributed by atoms with Crippen molar-refractivity contribution in [2.24, 2.45) is 5.73 Å². The molecule has 0 aliphatic heterocycles. The Bertz CT molecular complexity index is 322. The zero-order chi connectivity index (χ0) is 10.8. The van der Waals surface area contributed by atoms with E-state index in [9.17, 15) is 8.78 Å². The van der Waals surface area contributed by atoms with Crippen molar-refractivity contribution in [3.05, 3.63) is 28.5 Å². The van der Waals surface area contributed by atoms with Crippen LogP contribution in [0.4, 0.5) is 8.78 Å². The molecule has 14 heavy (non-hydrogen) atoms. The van der Waals surface area contributed by atoms with E-state index >= 15 is 0 Å². The quantitative estimate of drug-likeness (QED) is 0.815. The molecule has 0 amide bonds. The minimum Gasteiger partial charge on any atom is -0.390 e. The van der Waals surface area contributed by atoms with Crippen molar-refractivity contribution in [3.63, 3.8) is 0 Å². The summed E-state index contributed by atoms with van der Waals surface area (Å²) in [6.07, 6.45) is 1.37. The molecule has 0 aliphatic carbocycles. The second-order valence-corrected chi connectivity index (χ2v) is 3.62. The first-order valence-corrected chi connectivity index (χ1v) is 4.62. The Morgan fingerprint density at radius 3 is 2.79 bits per heavy atom. The number of pyridine rings is 1. The lowest BCUT2D eigenvalue weighted by atomic mass is 10.0. The molecule has 6 heteroatoms. The zero-order valence-electron chi connectivity index (χ0n) is 7.12. The molecule has 0 saturated carbocycles. The number of alkyl halides is 2. The van der Waals surface area contributed by atoms with Crippen molar-refractivity contribution in [1.29, 1.82) is 0 Å². The number of nitrogens with two attached hydrogens (primary N) is 1. The number of aliphatic hydroxyl groups is 1. The summed E-state index contributed by atoms with van der Waals surface area (Å²) in [7, 11) is 0. The van der Waals surface area contributed by atoms with Crippen molar-refractivity contribution in [2.75, 3.05) is 6.61 Å². The maximum atomic E-state index is 13.0. The first-order valence-electron chi connectivity index (χ1n) is 3.83. The Labute approximate surface area is 88.1 Å². The van der Waals surface area contributed by atoms with Gasteiger partial charge in [0.15, 0.2) is 0 Å². The van der Waals surface area contributed by atoms with Crippen LogP contribution in [0.25, 0.3) is 0 Å². The highest BCUT2D eigenvalue weighted by Crippen LogP contribution is 2.29. The molecular weight excluding hydrogens is 258 g/mol. The molecular formula is C8H9BrF2N2O. The van der Waals surface area contributed by atoms with Crippen molar-refractivity contribution in [1.82, 2.24) is 4.98 Å². The number of hydrogen-bond donors (Lipinski definition) is 2. The van der Waals surface area contributed by atoms with Crippen LogP contribution in [-0.4, -0.2) is 22.6 Å². The van der Waals surface area contributed by atoms with Crippen LogP contribution in [-0.2, 0) is 0 Å². The van der Waals surface area contributed by atoms with Crippen molar-refractivity contribution in [3.8, 4) is 0 Å². The van der Waals surface area contributed by atoms with Crippen LogP contribution in [0.15, 0.2) is 22.9 Å². The van der Waals surface area contributed by atoms with Gasteiger partial charge >= 0.3 is 0 Å². The summed E-state index contributed by atoms with van der Waals surface area (Å²) in [6, 6.07) is 1.26. The van der Waals surface area contributed by atoms with E-state index in [-0.39, 0.29) is 5.56 Å². The Hall–Kier alpha value is -0.590. The standard InChI is InChI=1S/C8H9BrF2N2O/c9-6-3-5(1-2-13-6)7(12)8(10,11)4-14/h1-3,7,14H,4,12H2/t7-/m1/s1. The maximum Gasteiger partial charge on any atom is 0.289 e. The smallest absolute Gasteiger partial charge is 0.289 e. The molecule has 78 valence electrons. The van der Waals surface area contributed by atoms with E-state index in [1.807, 2.05) is 0 Å². The van der Waals surface area contributed by atoms with E-state index in [0.29, 0.717) is 4.60 Å². The molecule has 0 spiro atoms. The van der Waals surface area contributed by atoms with Gasteiger partial charge in [-0.25, -0.2) is 13.8 Å². The predicted octanol–water partition coefficient (Wildman–Crippen LogP) is 1.47. The van der Waals surface area contributed by atoms with Crippen LogP contribution in [0.2, 0.25) is 0 Å². The number of rotatable bonds is 3. The van der Waals surface area contributed by atoms with Crippen LogP contribution in [0, 0.1) is 0 Å². The zero-order valence-corrected chi connectivity index (χ0v) is 8.71. The summed E-state index contributed by atoms with van der Waals surface area (Å²) >= 11 is 3.05. The highest BCUT2D eigenvalue weighted by atomic mass is 79.9. The molecule has 0 bridgehead atoms. The van der Waals surface area contributed by atoms with Gasteiger partial charge in [0.2, 0.25) is 0 Å². The topological polar surface area (TPSA) is 59.1 Å². The third-order valence-electron chi connectivity index (χ3n) is 1.78. The van der Waals surface area contributed by atoms with Gasteiger partial charge in [-0.2, -0.15) is 0 Å². The molecule has 0 saturated heterocycles. The monoisotopic (exact) mass is 266 g/mol. The maximum absolute atomic E-state index is 13.0. The van der Waals surface area contributed by atoms with Gasteiger partial charge in [-0.15, -0.1) is 0 Å². The van der Waals surface area contributed by atoms with Crippen LogP contribution in [0.1, 0.15) is 11.6 Å². The summed E-state index contributed by atoms with van der Waals surface area (Å²) in [4.78, 5) is 3.78. The molecule has 0 fully saturated rings. The van der Waals surface area contributed by atoms with Gasteiger partial charge in [-0.1, -0.05) is 0 Å². The minimum atomic E-state index is -3.32. The molecule has 0 aromatic carbocycles. The molecule has 1 atom stereocenters. The van der Waals surface area contributed by atoms with Crippen LogP contribution >= 0.6 is 15.9 Å². The molecule has 3 nitrogen and oxygen atoms in total. The van der Waals surface area contributed by atoms with E-state index in [4.69, 9.17) is 10.8 Å². The van der Waals surface area contributed by atoms with Gasteiger partial charge in [0.25, 0.3) is 5.92 Å². The van der Waals surface area contributed by atoms with Gasteiger partial charge < -0.3 is 10.8 Å². The van der Waals surface area contributed by atoms with Gasteiger partial charge in [-0.05, 0) is 33.6 Å². The molecule has 0 aliphatic rings. The second kappa shape index (κ2) is 4.29. The van der Waals surface area contributed by atoms with Crippen LogP contribution in [0.3, 0.4) is 0 Å². The summed E-state index contributed by atoms with van der Waals surface area (Å²) < 4.78 is 26.3. The van der Waals surface area contributed by atoms with Crippen molar-refractivity contribution >= 4 is 15.9 Å².